The zero-order valence-corrected chi connectivity index (χ0v) is 12.2. The van der Waals surface area contributed by atoms with Crippen molar-refractivity contribution in [3.8, 4) is 0 Å². The Bertz CT molecular complexity index is 417. The second-order valence-electron chi connectivity index (χ2n) is 4.99. The van der Waals surface area contributed by atoms with Crippen LogP contribution in [0.4, 0.5) is 25.2 Å². The average Bonchev–Trinajstić information content (AvgIpc) is 2.35. The van der Waals surface area contributed by atoms with Crippen LogP contribution < -0.4 is 9.57 Å². The van der Waals surface area contributed by atoms with Gasteiger partial charge in [0.05, 0.1) is 0 Å². The molecule has 21 heavy (non-hydrogen) atoms. The van der Waals surface area contributed by atoms with Crippen molar-refractivity contribution >= 4 is 7.81 Å². The van der Waals surface area contributed by atoms with Gasteiger partial charge in [-0.2, -0.15) is 0 Å². The number of aromatic nitrogens is 1. The van der Waals surface area contributed by atoms with E-state index in [9.17, 15) is 25.2 Å². The van der Waals surface area contributed by atoms with Gasteiger partial charge in [0, 0.05) is 16.9 Å². The Hall–Kier alpha value is -1.04. The van der Waals surface area contributed by atoms with Crippen LogP contribution in [0.3, 0.4) is 0 Å². The first-order valence-corrected chi connectivity index (χ1v) is 8.59. The second kappa shape index (κ2) is 5.99. The Morgan fingerprint density at radius 1 is 0.857 bits per heavy atom. The third kappa shape index (κ3) is 13.7. The van der Waals surface area contributed by atoms with Gasteiger partial charge in [-0.3, -0.25) is 4.84 Å². The first-order valence-electron chi connectivity index (χ1n) is 6.56. The van der Waals surface area contributed by atoms with Crippen molar-refractivity contribution in [3.05, 3.63) is 30.6 Å². The minimum Gasteiger partial charge on any atom is -0.271 e. The number of rotatable bonds is 3. The van der Waals surface area contributed by atoms with Gasteiger partial charge in [0.2, 0.25) is 12.4 Å². The van der Waals surface area contributed by atoms with Gasteiger partial charge < -0.3 is 0 Å². The molecule has 0 amide bonds. The van der Waals surface area contributed by atoms with Gasteiger partial charge >= 0.3 is 33.0 Å². The van der Waals surface area contributed by atoms with E-state index in [-0.39, 0.29) is 0 Å². The molecule has 0 spiro atoms. The maximum atomic E-state index is 9.87. The molecule has 0 N–H and O–H groups in total. The summed E-state index contributed by atoms with van der Waals surface area (Å²) < 4.78 is 61.0. The van der Waals surface area contributed by atoms with Gasteiger partial charge in [0.25, 0.3) is 0 Å². The van der Waals surface area contributed by atoms with Crippen LogP contribution in [-0.4, -0.2) is 6.61 Å². The number of hydrogen-bond acceptors (Lipinski definition) is 1. The van der Waals surface area contributed by atoms with Gasteiger partial charge in [-0.05, 0) is 18.8 Å². The van der Waals surface area contributed by atoms with Crippen LogP contribution in [0.2, 0.25) is 0 Å². The van der Waals surface area contributed by atoms with Crippen molar-refractivity contribution < 1.29 is 34.7 Å². The van der Waals surface area contributed by atoms with Crippen molar-refractivity contribution in [2.75, 3.05) is 6.61 Å². The molecule has 0 unspecified atom stereocenters. The molecule has 0 radical (unpaired) electrons. The van der Waals surface area contributed by atoms with Crippen molar-refractivity contribution in [1.82, 2.24) is 0 Å². The van der Waals surface area contributed by atoms with Gasteiger partial charge in [0.15, 0.2) is 6.61 Å². The van der Waals surface area contributed by atoms with E-state index in [0.29, 0.717) is 0 Å². The van der Waals surface area contributed by atoms with Crippen LogP contribution >= 0.6 is 7.81 Å². The van der Waals surface area contributed by atoms with E-state index in [4.69, 9.17) is 4.84 Å². The first-order chi connectivity index (χ1) is 9.40. The van der Waals surface area contributed by atoms with E-state index in [1.54, 1.807) is 4.73 Å². The van der Waals surface area contributed by atoms with E-state index in [0.717, 1.165) is 12.5 Å². The Morgan fingerprint density at radius 2 is 1.33 bits per heavy atom. The fourth-order valence-corrected chi connectivity index (χ4v) is 2.01. The third-order valence-corrected chi connectivity index (χ3v) is 2.87. The molecule has 0 aromatic carbocycles. The minimum atomic E-state index is -10.7. The van der Waals surface area contributed by atoms with Gasteiger partial charge in [-0.1, -0.05) is 25.3 Å². The topological polar surface area (TPSA) is 13.1 Å². The summed E-state index contributed by atoms with van der Waals surface area (Å²) in [6, 6.07) is 5.97. The smallest absolute Gasteiger partial charge is 0.222 e. The van der Waals surface area contributed by atoms with Gasteiger partial charge in [0.1, 0.15) is 0 Å². The maximum Gasteiger partial charge on any atom is 0.222 e. The monoisotopic (exact) mass is 337 g/mol. The summed E-state index contributed by atoms with van der Waals surface area (Å²) in [7, 11) is -10.7. The Morgan fingerprint density at radius 3 is 1.81 bits per heavy atom. The van der Waals surface area contributed by atoms with Crippen molar-refractivity contribution in [2.24, 2.45) is 5.92 Å². The summed E-state index contributed by atoms with van der Waals surface area (Å²) in [4.78, 5) is 5.66. The first kappa shape index (κ1) is 18.0. The fourth-order valence-electron chi connectivity index (χ4n) is 2.01. The fraction of sp³-hybridized carbons (Fsp3) is 0.583. The van der Waals surface area contributed by atoms with Crippen LogP contribution in [0, 0.1) is 5.92 Å². The van der Waals surface area contributed by atoms with Crippen molar-refractivity contribution in [1.29, 1.82) is 0 Å². The Labute approximate surface area is 118 Å². The number of nitrogens with zero attached hydrogens (tertiary/aromatic N) is 1. The van der Waals surface area contributed by atoms with Crippen LogP contribution in [0.5, 0.6) is 0 Å². The van der Waals surface area contributed by atoms with Crippen LogP contribution in [0.1, 0.15) is 32.1 Å². The van der Waals surface area contributed by atoms with Gasteiger partial charge in [-0.15, -0.1) is 0 Å². The van der Waals surface area contributed by atoms with E-state index < -0.39 is 7.81 Å². The quantitative estimate of drug-likeness (QED) is 0.411. The van der Waals surface area contributed by atoms with Crippen LogP contribution in [0.25, 0.3) is 0 Å². The standard InChI is InChI=1S/C12H18NO.F6P/c1-3-7-12(8-4-1)11-14-13-9-5-2-6-10-13;1-7(2,3,4,5)6/h2,5-6,9-10,12H,1,3-4,7-8,11H2;/q+1;-1. The summed E-state index contributed by atoms with van der Waals surface area (Å²) in [5.74, 6) is 0.774. The molecule has 0 bridgehead atoms. The van der Waals surface area contributed by atoms with E-state index in [1.807, 2.05) is 30.6 Å². The molecule has 2 rings (SSSR count). The van der Waals surface area contributed by atoms with E-state index in [1.165, 1.54) is 32.1 Å². The Kier molecular flexibility index (Phi) is 5.13. The molecule has 124 valence electrons. The molecule has 1 aromatic heterocycles. The number of pyridine rings is 1. The zero-order chi connectivity index (χ0) is 16.0. The molecule has 0 aliphatic heterocycles. The molecule has 1 saturated carbocycles. The predicted octanol–water partition coefficient (Wildman–Crippen LogP) is 5.37. The summed E-state index contributed by atoms with van der Waals surface area (Å²) in [5.41, 5.74) is 0. The molecular weight excluding hydrogens is 319 g/mol. The van der Waals surface area contributed by atoms with E-state index in [2.05, 4.69) is 0 Å². The van der Waals surface area contributed by atoms with Crippen LogP contribution in [0.15, 0.2) is 30.6 Å². The molecule has 1 aliphatic carbocycles. The molecule has 1 aliphatic rings. The van der Waals surface area contributed by atoms with Gasteiger partial charge in [-0.25, -0.2) is 0 Å². The maximum absolute atomic E-state index is 10.7. The third-order valence-electron chi connectivity index (χ3n) is 2.87. The zero-order valence-electron chi connectivity index (χ0n) is 11.3. The molecular formula is C12H18F6NOP. The van der Waals surface area contributed by atoms with Crippen molar-refractivity contribution in [3.63, 3.8) is 0 Å². The Balaban J connectivity index is 0.000000270. The molecule has 1 aromatic rings. The summed E-state index contributed by atoms with van der Waals surface area (Å²) >= 11 is 0. The number of hydrogen-bond donors (Lipinski definition) is 0. The SMILES string of the molecule is F[P-](F)(F)(F)(F)F.c1cc[n+](OCC2CCCCC2)cc1. The molecule has 9 heteroatoms. The molecule has 1 fully saturated rings. The number of halogens is 6. The largest absolute Gasteiger partial charge is 0.271 e. The molecule has 2 nitrogen and oxygen atoms in total. The summed E-state index contributed by atoms with van der Waals surface area (Å²) in [6.07, 6.45) is 10.8. The molecule has 0 atom stereocenters. The minimum absolute atomic E-state index is 0.774. The average molecular weight is 337 g/mol. The normalized spacial score (nSPS) is 19.7. The molecule has 1 heterocycles. The predicted molar refractivity (Wildman–Crippen MR) is 68.2 cm³/mol. The molecule has 0 saturated heterocycles. The summed E-state index contributed by atoms with van der Waals surface area (Å²) in [6.45, 7) is 0.870. The van der Waals surface area contributed by atoms with Crippen LogP contribution in [-0.2, 0) is 0 Å². The summed E-state index contributed by atoms with van der Waals surface area (Å²) in [5, 5.41) is 0. The second-order valence-corrected chi connectivity index (χ2v) is 6.91. The van der Waals surface area contributed by atoms with E-state index >= 15 is 0 Å². The van der Waals surface area contributed by atoms with Crippen molar-refractivity contribution in [2.45, 2.75) is 32.1 Å².